The molecule has 4 nitrogen and oxygen atoms in total. The molecular weight excluding hydrogens is 242 g/mol. The number of halogens is 2. The Balaban J connectivity index is 1.89. The second-order valence-corrected chi connectivity index (χ2v) is 4.35. The van der Waals surface area contributed by atoms with Crippen molar-refractivity contribution in [3.63, 3.8) is 0 Å². The van der Waals surface area contributed by atoms with Gasteiger partial charge in [0.25, 0.3) is 0 Å². The number of anilines is 1. The molecule has 1 aromatic carbocycles. The van der Waals surface area contributed by atoms with Crippen molar-refractivity contribution in [1.82, 2.24) is 4.90 Å². The summed E-state index contributed by atoms with van der Waals surface area (Å²) in [6.45, 7) is 1.26. The van der Waals surface area contributed by atoms with E-state index >= 15 is 0 Å². The second kappa shape index (κ2) is 5.41. The first-order valence-electron chi connectivity index (χ1n) is 5.70. The number of benzene rings is 1. The number of nitrogens with zero attached hydrogens (tertiary/aromatic N) is 1. The molecule has 1 aliphatic heterocycles. The molecule has 1 atom stereocenters. The highest BCUT2D eigenvalue weighted by Crippen LogP contribution is 2.13. The van der Waals surface area contributed by atoms with E-state index in [4.69, 9.17) is 0 Å². The molecule has 2 N–H and O–H groups in total. The molecule has 1 aromatic rings. The zero-order valence-electron chi connectivity index (χ0n) is 9.70. The Morgan fingerprint density at radius 3 is 2.83 bits per heavy atom. The molecule has 0 bridgehead atoms. The van der Waals surface area contributed by atoms with Crippen molar-refractivity contribution in [3.05, 3.63) is 29.8 Å². The van der Waals surface area contributed by atoms with Crippen LogP contribution < -0.4 is 5.32 Å². The Morgan fingerprint density at radius 1 is 1.44 bits per heavy atom. The molecule has 0 saturated carbocycles. The minimum absolute atomic E-state index is 0.135. The zero-order valence-corrected chi connectivity index (χ0v) is 9.70. The lowest BCUT2D eigenvalue weighted by atomic mass is 10.3. The molecule has 0 aliphatic carbocycles. The fraction of sp³-hybridized carbons (Fsp3) is 0.417. The van der Waals surface area contributed by atoms with Crippen LogP contribution in [0, 0.1) is 11.6 Å². The number of carbonyl (C=O) groups is 1. The number of aliphatic hydroxyl groups is 1. The number of rotatable bonds is 3. The van der Waals surface area contributed by atoms with Crippen LogP contribution in [-0.4, -0.2) is 41.7 Å². The van der Waals surface area contributed by atoms with Gasteiger partial charge in [-0.1, -0.05) is 0 Å². The number of likely N-dealkylation sites (tertiary alicyclic amines) is 1. The molecular formula is C12H14F2N2O2. The highest BCUT2D eigenvalue weighted by atomic mass is 19.2. The zero-order chi connectivity index (χ0) is 13.1. The van der Waals surface area contributed by atoms with E-state index < -0.39 is 11.6 Å². The Labute approximate surface area is 103 Å². The van der Waals surface area contributed by atoms with Crippen molar-refractivity contribution in [2.75, 3.05) is 25.0 Å². The van der Waals surface area contributed by atoms with E-state index in [1.54, 1.807) is 4.90 Å². The fourth-order valence-corrected chi connectivity index (χ4v) is 1.93. The summed E-state index contributed by atoms with van der Waals surface area (Å²) in [7, 11) is 0. The normalized spacial score (nSPS) is 20.1. The lowest BCUT2D eigenvalue weighted by Crippen LogP contribution is -2.32. The summed E-state index contributed by atoms with van der Waals surface area (Å²) in [5.41, 5.74) is 0.221. The predicted molar refractivity (Wildman–Crippen MR) is 62.1 cm³/mol. The summed E-state index contributed by atoms with van der Waals surface area (Å²) < 4.78 is 25.6. The van der Waals surface area contributed by atoms with E-state index in [0.717, 1.165) is 12.1 Å². The van der Waals surface area contributed by atoms with Gasteiger partial charge in [0.2, 0.25) is 5.91 Å². The number of β-amino-alcohol motifs (C(OH)–C–C–N with tert-alkyl or cyclic N) is 1. The van der Waals surface area contributed by atoms with Crippen LogP contribution in [0.15, 0.2) is 18.2 Å². The standard InChI is InChI=1S/C12H14F2N2O2/c13-10-2-1-8(5-11(10)14)15-12(18)7-16-4-3-9(17)6-16/h1-2,5,9,17H,3-4,6-7H2,(H,15,18)/t9-/m0/s1. The third kappa shape index (κ3) is 3.24. The van der Waals surface area contributed by atoms with Crippen molar-refractivity contribution < 1.29 is 18.7 Å². The van der Waals surface area contributed by atoms with Crippen LogP contribution in [0.3, 0.4) is 0 Å². The van der Waals surface area contributed by atoms with Gasteiger partial charge >= 0.3 is 0 Å². The van der Waals surface area contributed by atoms with E-state index in [1.807, 2.05) is 0 Å². The minimum atomic E-state index is -0.996. The second-order valence-electron chi connectivity index (χ2n) is 4.35. The van der Waals surface area contributed by atoms with Gasteiger partial charge in [-0.3, -0.25) is 9.69 Å². The molecule has 1 aliphatic rings. The molecule has 6 heteroatoms. The first-order valence-corrected chi connectivity index (χ1v) is 5.70. The van der Waals surface area contributed by atoms with Crippen LogP contribution in [0.1, 0.15) is 6.42 Å². The van der Waals surface area contributed by atoms with Gasteiger partial charge in [-0.2, -0.15) is 0 Å². The fourth-order valence-electron chi connectivity index (χ4n) is 1.93. The number of hydrogen-bond donors (Lipinski definition) is 2. The summed E-state index contributed by atoms with van der Waals surface area (Å²) in [6.07, 6.45) is 0.263. The first-order chi connectivity index (χ1) is 8.54. The lowest BCUT2D eigenvalue weighted by Gasteiger charge is -2.14. The Hall–Kier alpha value is -1.53. The molecule has 1 heterocycles. The van der Waals surface area contributed by atoms with Gasteiger partial charge < -0.3 is 10.4 Å². The SMILES string of the molecule is O=C(CN1CC[C@H](O)C1)Nc1ccc(F)c(F)c1. The maximum atomic E-state index is 12.9. The molecule has 18 heavy (non-hydrogen) atoms. The maximum absolute atomic E-state index is 12.9. The van der Waals surface area contributed by atoms with Gasteiger partial charge in [0.1, 0.15) is 0 Å². The van der Waals surface area contributed by atoms with Crippen LogP contribution in [0.25, 0.3) is 0 Å². The summed E-state index contributed by atoms with van der Waals surface area (Å²) >= 11 is 0. The van der Waals surface area contributed by atoms with Crippen LogP contribution in [0.2, 0.25) is 0 Å². The monoisotopic (exact) mass is 256 g/mol. The first kappa shape index (κ1) is 12.9. The van der Waals surface area contributed by atoms with E-state index in [-0.39, 0.29) is 24.2 Å². The van der Waals surface area contributed by atoms with E-state index in [2.05, 4.69) is 5.32 Å². The van der Waals surface area contributed by atoms with Crippen LogP contribution in [0.5, 0.6) is 0 Å². The van der Waals surface area contributed by atoms with Gasteiger partial charge in [0.15, 0.2) is 11.6 Å². The van der Waals surface area contributed by atoms with Crippen molar-refractivity contribution in [3.8, 4) is 0 Å². The number of carbonyl (C=O) groups excluding carboxylic acids is 1. The molecule has 0 aromatic heterocycles. The van der Waals surface area contributed by atoms with Crippen molar-refractivity contribution in [1.29, 1.82) is 0 Å². The predicted octanol–water partition coefficient (Wildman–Crippen LogP) is 0.970. The van der Waals surface area contributed by atoms with E-state index in [1.165, 1.54) is 6.07 Å². The number of hydrogen-bond acceptors (Lipinski definition) is 3. The van der Waals surface area contributed by atoms with Crippen molar-refractivity contribution in [2.45, 2.75) is 12.5 Å². The molecule has 0 unspecified atom stereocenters. The summed E-state index contributed by atoms with van der Waals surface area (Å²) in [6, 6.07) is 3.20. The number of aliphatic hydroxyl groups excluding tert-OH is 1. The highest BCUT2D eigenvalue weighted by molar-refractivity contribution is 5.92. The summed E-state index contributed by atoms with van der Waals surface area (Å²) in [5, 5.41) is 11.8. The summed E-state index contributed by atoms with van der Waals surface area (Å²) in [4.78, 5) is 13.4. The van der Waals surface area contributed by atoms with E-state index in [0.29, 0.717) is 19.5 Å². The molecule has 98 valence electrons. The minimum Gasteiger partial charge on any atom is -0.392 e. The number of amides is 1. The van der Waals surface area contributed by atoms with Crippen molar-refractivity contribution >= 4 is 11.6 Å². The maximum Gasteiger partial charge on any atom is 0.238 e. The van der Waals surface area contributed by atoms with E-state index in [9.17, 15) is 18.7 Å². The van der Waals surface area contributed by atoms with Gasteiger partial charge in [-0.05, 0) is 18.6 Å². The molecule has 1 amide bonds. The van der Waals surface area contributed by atoms with Gasteiger partial charge in [-0.25, -0.2) is 8.78 Å². The Bertz CT molecular complexity index is 454. The topological polar surface area (TPSA) is 52.6 Å². The highest BCUT2D eigenvalue weighted by Gasteiger charge is 2.21. The molecule has 1 saturated heterocycles. The largest absolute Gasteiger partial charge is 0.392 e. The van der Waals surface area contributed by atoms with Crippen LogP contribution >= 0.6 is 0 Å². The molecule has 0 radical (unpaired) electrons. The Morgan fingerprint density at radius 2 is 2.22 bits per heavy atom. The Kier molecular flexibility index (Phi) is 3.88. The van der Waals surface area contributed by atoms with Gasteiger partial charge in [-0.15, -0.1) is 0 Å². The van der Waals surface area contributed by atoms with Crippen LogP contribution in [-0.2, 0) is 4.79 Å². The van der Waals surface area contributed by atoms with Crippen LogP contribution in [0.4, 0.5) is 14.5 Å². The number of nitrogens with one attached hydrogen (secondary N) is 1. The quantitative estimate of drug-likeness (QED) is 0.847. The third-order valence-corrected chi connectivity index (χ3v) is 2.82. The summed E-state index contributed by atoms with van der Waals surface area (Å²) in [5.74, 6) is -2.25. The van der Waals surface area contributed by atoms with Gasteiger partial charge in [0, 0.05) is 24.8 Å². The van der Waals surface area contributed by atoms with Crippen molar-refractivity contribution in [2.24, 2.45) is 0 Å². The van der Waals surface area contributed by atoms with Gasteiger partial charge in [0.05, 0.1) is 12.6 Å². The molecule has 2 rings (SSSR count). The third-order valence-electron chi connectivity index (χ3n) is 2.82. The smallest absolute Gasteiger partial charge is 0.238 e. The molecule has 0 spiro atoms. The lowest BCUT2D eigenvalue weighted by molar-refractivity contribution is -0.117. The average Bonchev–Trinajstić information content (AvgIpc) is 2.69. The average molecular weight is 256 g/mol. The molecule has 1 fully saturated rings.